The summed E-state index contributed by atoms with van der Waals surface area (Å²) in [5.74, 6) is -2.09. The summed E-state index contributed by atoms with van der Waals surface area (Å²) >= 11 is 0. The Labute approximate surface area is 153 Å². The number of fused-ring (bicyclic) bond motifs is 3. The maximum Gasteiger partial charge on any atom is 0.271 e. The average Bonchev–Trinajstić information content (AvgIpc) is 3.45. The molecule has 1 amide bonds. The first-order valence-electron chi connectivity index (χ1n) is 8.96. The minimum atomic E-state index is -0.966. The highest BCUT2D eigenvalue weighted by Gasteiger charge is 2.43. The van der Waals surface area contributed by atoms with Gasteiger partial charge in [0, 0.05) is 24.3 Å². The Bertz CT molecular complexity index is 1070. The number of hydrogen-bond acceptors (Lipinski definition) is 3. The van der Waals surface area contributed by atoms with Gasteiger partial charge in [-0.2, -0.15) is 0 Å². The number of nitrogens with zero attached hydrogens (tertiary/aromatic N) is 3. The molecule has 3 aromatic rings. The van der Waals surface area contributed by atoms with Crippen molar-refractivity contribution in [2.45, 2.75) is 31.5 Å². The number of carbonyl (C=O) groups excluding carboxylic acids is 1. The molecule has 1 atom stereocenters. The third kappa shape index (κ3) is 2.38. The summed E-state index contributed by atoms with van der Waals surface area (Å²) in [6.07, 6.45) is 3.45. The summed E-state index contributed by atoms with van der Waals surface area (Å²) in [6.45, 7) is 0.321. The number of carbonyl (C=O) groups is 1. The molecule has 27 heavy (non-hydrogen) atoms. The molecule has 0 radical (unpaired) electrons. The van der Waals surface area contributed by atoms with Gasteiger partial charge in [0.25, 0.3) is 5.91 Å². The van der Waals surface area contributed by atoms with E-state index < -0.39 is 11.6 Å². The number of pyridine rings is 1. The molecule has 1 N–H and O–H groups in total. The van der Waals surface area contributed by atoms with Gasteiger partial charge in [-0.25, -0.2) is 8.78 Å². The van der Waals surface area contributed by atoms with Crippen molar-refractivity contribution >= 4 is 16.9 Å². The minimum Gasteiger partial charge on any atom is -0.394 e. The van der Waals surface area contributed by atoms with E-state index in [1.807, 2.05) is 10.6 Å². The smallest absolute Gasteiger partial charge is 0.271 e. The number of halogens is 2. The van der Waals surface area contributed by atoms with E-state index in [1.165, 1.54) is 6.07 Å². The Balaban J connectivity index is 1.80. The van der Waals surface area contributed by atoms with E-state index in [0.717, 1.165) is 30.5 Å². The highest BCUT2D eigenvalue weighted by atomic mass is 19.2. The lowest BCUT2D eigenvalue weighted by Gasteiger charge is -2.36. The Kier molecular flexibility index (Phi) is 3.55. The molecule has 1 aromatic carbocycles. The van der Waals surface area contributed by atoms with Gasteiger partial charge in [0.1, 0.15) is 5.69 Å². The molecular weight excluding hydrogens is 352 g/mol. The van der Waals surface area contributed by atoms with Gasteiger partial charge in [-0.15, -0.1) is 0 Å². The lowest BCUT2D eigenvalue weighted by Crippen LogP contribution is -2.50. The van der Waals surface area contributed by atoms with E-state index in [4.69, 9.17) is 0 Å². The normalized spacial score (nSPS) is 19.6. The summed E-state index contributed by atoms with van der Waals surface area (Å²) in [5, 5.41) is 9.83. The fourth-order valence-corrected chi connectivity index (χ4v) is 4.06. The van der Waals surface area contributed by atoms with Gasteiger partial charge < -0.3 is 14.6 Å². The van der Waals surface area contributed by atoms with Crippen molar-refractivity contribution in [3.05, 3.63) is 53.9 Å². The van der Waals surface area contributed by atoms with Crippen LogP contribution in [0.4, 0.5) is 8.78 Å². The largest absolute Gasteiger partial charge is 0.394 e. The second-order valence-corrected chi connectivity index (χ2v) is 7.11. The maximum atomic E-state index is 13.9. The summed E-state index contributed by atoms with van der Waals surface area (Å²) in [4.78, 5) is 19.5. The number of aromatic nitrogens is 2. The predicted molar refractivity (Wildman–Crippen MR) is 95.2 cm³/mol. The average molecular weight is 369 g/mol. The maximum absolute atomic E-state index is 13.9. The van der Waals surface area contributed by atoms with Crippen LogP contribution in [-0.4, -0.2) is 44.2 Å². The lowest BCUT2D eigenvalue weighted by molar-refractivity contribution is 0.0466. The Morgan fingerprint density at radius 1 is 1.19 bits per heavy atom. The van der Waals surface area contributed by atoms with Crippen LogP contribution in [0.5, 0.6) is 0 Å². The molecule has 0 bridgehead atoms. The second-order valence-electron chi connectivity index (χ2n) is 7.11. The van der Waals surface area contributed by atoms with Crippen molar-refractivity contribution in [3.8, 4) is 11.1 Å². The van der Waals surface area contributed by atoms with E-state index in [0.29, 0.717) is 28.9 Å². The molecule has 138 valence electrons. The molecule has 5 nitrogen and oxygen atoms in total. The third-order valence-corrected chi connectivity index (χ3v) is 5.40. The molecule has 2 aliphatic rings. The van der Waals surface area contributed by atoms with Crippen LogP contribution in [0.2, 0.25) is 0 Å². The monoisotopic (exact) mass is 369 g/mol. The van der Waals surface area contributed by atoms with Crippen LogP contribution in [0.1, 0.15) is 23.3 Å². The summed E-state index contributed by atoms with van der Waals surface area (Å²) in [6, 6.07) is 7.09. The Hall–Kier alpha value is -2.80. The first-order chi connectivity index (χ1) is 13.1. The van der Waals surface area contributed by atoms with Crippen LogP contribution >= 0.6 is 0 Å². The number of rotatable bonds is 3. The molecular formula is C20H17F2N3O2. The molecule has 7 heteroatoms. The van der Waals surface area contributed by atoms with Gasteiger partial charge in [0.15, 0.2) is 11.6 Å². The van der Waals surface area contributed by atoms with Crippen molar-refractivity contribution in [2.75, 3.05) is 6.61 Å². The van der Waals surface area contributed by atoms with E-state index in [1.54, 1.807) is 17.2 Å². The highest BCUT2D eigenvalue weighted by molar-refractivity contribution is 6.09. The summed E-state index contributed by atoms with van der Waals surface area (Å²) in [5.41, 5.74) is 2.66. The SMILES string of the molecule is O=C1c2c(-c3ccc(F)c(F)c3)c3ncccc3n2C[C@H](CO)N1C1CC1. The van der Waals surface area contributed by atoms with Crippen LogP contribution in [0.3, 0.4) is 0 Å². The molecule has 1 aliphatic carbocycles. The summed E-state index contributed by atoms with van der Waals surface area (Å²) in [7, 11) is 0. The van der Waals surface area contributed by atoms with E-state index in [-0.39, 0.29) is 24.6 Å². The molecule has 1 fully saturated rings. The van der Waals surface area contributed by atoms with Crippen LogP contribution in [0.15, 0.2) is 36.5 Å². The van der Waals surface area contributed by atoms with Crippen LogP contribution in [0, 0.1) is 11.6 Å². The van der Waals surface area contributed by atoms with E-state index in [9.17, 15) is 18.7 Å². The highest BCUT2D eigenvalue weighted by Crippen LogP contribution is 2.40. The van der Waals surface area contributed by atoms with E-state index in [2.05, 4.69) is 4.98 Å². The van der Waals surface area contributed by atoms with Crippen molar-refractivity contribution < 1.29 is 18.7 Å². The number of benzene rings is 1. The van der Waals surface area contributed by atoms with Crippen LogP contribution in [0.25, 0.3) is 22.2 Å². The Morgan fingerprint density at radius 2 is 2.00 bits per heavy atom. The van der Waals surface area contributed by atoms with Gasteiger partial charge in [0.05, 0.1) is 23.7 Å². The number of amides is 1. The fourth-order valence-electron chi connectivity index (χ4n) is 4.06. The van der Waals surface area contributed by atoms with Crippen molar-refractivity contribution in [1.82, 2.24) is 14.5 Å². The molecule has 1 aliphatic heterocycles. The lowest BCUT2D eigenvalue weighted by atomic mass is 10.0. The van der Waals surface area contributed by atoms with Crippen molar-refractivity contribution in [1.29, 1.82) is 0 Å². The third-order valence-electron chi connectivity index (χ3n) is 5.40. The molecule has 0 spiro atoms. The predicted octanol–water partition coefficient (Wildman–Crippen LogP) is 2.96. The Morgan fingerprint density at radius 3 is 2.70 bits per heavy atom. The molecule has 0 saturated heterocycles. The van der Waals surface area contributed by atoms with Crippen LogP contribution in [-0.2, 0) is 6.54 Å². The quantitative estimate of drug-likeness (QED) is 0.772. The first kappa shape index (κ1) is 16.4. The zero-order valence-electron chi connectivity index (χ0n) is 14.4. The molecule has 0 unspecified atom stereocenters. The van der Waals surface area contributed by atoms with Gasteiger partial charge in [0.2, 0.25) is 0 Å². The number of aliphatic hydroxyl groups is 1. The number of hydrogen-bond donors (Lipinski definition) is 1. The first-order valence-corrected chi connectivity index (χ1v) is 8.96. The minimum absolute atomic E-state index is 0.123. The molecule has 1 saturated carbocycles. The zero-order chi connectivity index (χ0) is 18.7. The molecule has 3 heterocycles. The van der Waals surface area contributed by atoms with Gasteiger partial charge in [-0.05, 0) is 42.7 Å². The van der Waals surface area contributed by atoms with Gasteiger partial charge in [-0.3, -0.25) is 9.78 Å². The molecule has 5 rings (SSSR count). The molecule has 2 aromatic heterocycles. The van der Waals surface area contributed by atoms with Crippen molar-refractivity contribution in [3.63, 3.8) is 0 Å². The standard InChI is InChI=1S/C20H17F2N3O2/c21-14-6-3-11(8-15(14)22)17-18-16(2-1-7-23-18)24-9-13(10-26)25(12-4-5-12)20(27)19(17)24/h1-3,6-8,12-13,26H,4-5,9-10H2/t13-/m1/s1. The van der Waals surface area contributed by atoms with Crippen molar-refractivity contribution in [2.24, 2.45) is 0 Å². The summed E-state index contributed by atoms with van der Waals surface area (Å²) < 4.78 is 29.2. The second kappa shape index (κ2) is 5.85. The van der Waals surface area contributed by atoms with Crippen LogP contribution < -0.4 is 0 Å². The topological polar surface area (TPSA) is 58.4 Å². The fraction of sp³-hybridized carbons (Fsp3) is 0.300. The number of aliphatic hydroxyl groups excluding tert-OH is 1. The van der Waals surface area contributed by atoms with Gasteiger partial charge >= 0.3 is 0 Å². The zero-order valence-corrected chi connectivity index (χ0v) is 14.4. The van der Waals surface area contributed by atoms with E-state index >= 15 is 0 Å². The van der Waals surface area contributed by atoms with Gasteiger partial charge in [-0.1, -0.05) is 6.07 Å².